The van der Waals surface area contributed by atoms with E-state index in [9.17, 15) is 19.2 Å². The molecule has 3 amide bonds. The first-order chi connectivity index (χ1) is 12.5. The van der Waals surface area contributed by atoms with Crippen LogP contribution in [-0.2, 0) is 23.9 Å². The van der Waals surface area contributed by atoms with Crippen molar-refractivity contribution in [1.82, 2.24) is 9.80 Å². The van der Waals surface area contributed by atoms with Crippen molar-refractivity contribution >= 4 is 23.9 Å². The third-order valence-corrected chi connectivity index (χ3v) is 4.16. The fourth-order valence-electron chi connectivity index (χ4n) is 3.03. The summed E-state index contributed by atoms with van der Waals surface area (Å²) in [6.45, 7) is 14.1. The molecule has 0 spiro atoms. The van der Waals surface area contributed by atoms with E-state index in [1.807, 2.05) is 13.8 Å². The monoisotopic (exact) mass is 398 g/mol. The normalized spacial score (nSPS) is 18.9. The lowest BCUT2D eigenvalue weighted by Crippen LogP contribution is -2.51. The molecule has 0 radical (unpaired) electrons. The van der Waals surface area contributed by atoms with Gasteiger partial charge in [-0.25, -0.2) is 14.5 Å². The maximum atomic E-state index is 12.9. The summed E-state index contributed by atoms with van der Waals surface area (Å²) in [5.41, 5.74) is -1.43. The molecule has 2 atom stereocenters. The summed E-state index contributed by atoms with van der Waals surface area (Å²) in [7, 11) is 1.49. The highest BCUT2D eigenvalue weighted by atomic mass is 16.6. The summed E-state index contributed by atoms with van der Waals surface area (Å²) in [5.74, 6) is -2.84. The Kier molecular flexibility index (Phi) is 7.25. The second-order valence-corrected chi connectivity index (χ2v) is 9.48. The molecule has 0 bridgehead atoms. The number of carbonyl (C=O) groups is 4. The van der Waals surface area contributed by atoms with Crippen molar-refractivity contribution in [3.05, 3.63) is 0 Å². The summed E-state index contributed by atoms with van der Waals surface area (Å²) >= 11 is 0. The lowest BCUT2D eigenvalue weighted by Gasteiger charge is -2.33. The standard InChI is InChI=1S/C20H34N2O6/c1-12(2)14(17(25)27-19(3,4)5)21(9)15(23)13-10-11-22(16(13)24)18(26)28-20(6,7)8/h12-14H,10-11H2,1-9H3/t13-,14-/m0/s1. The Hall–Kier alpha value is -2.12. The van der Waals surface area contributed by atoms with Crippen molar-refractivity contribution in [1.29, 1.82) is 0 Å². The molecule has 1 fully saturated rings. The molecule has 0 aromatic heterocycles. The van der Waals surface area contributed by atoms with E-state index >= 15 is 0 Å². The second kappa shape index (κ2) is 8.49. The van der Waals surface area contributed by atoms with Gasteiger partial charge in [-0.2, -0.15) is 0 Å². The number of carbonyl (C=O) groups excluding carboxylic acids is 4. The van der Waals surface area contributed by atoms with E-state index in [0.717, 1.165) is 4.90 Å². The molecule has 28 heavy (non-hydrogen) atoms. The first-order valence-corrected chi connectivity index (χ1v) is 9.59. The molecule has 8 nitrogen and oxygen atoms in total. The van der Waals surface area contributed by atoms with Gasteiger partial charge in [-0.3, -0.25) is 9.59 Å². The lowest BCUT2D eigenvalue weighted by molar-refractivity contribution is -0.167. The fourth-order valence-corrected chi connectivity index (χ4v) is 3.03. The minimum absolute atomic E-state index is 0.108. The molecule has 1 rings (SSSR count). The van der Waals surface area contributed by atoms with E-state index in [-0.39, 0.29) is 18.9 Å². The first kappa shape index (κ1) is 23.9. The zero-order chi connectivity index (χ0) is 22.0. The predicted molar refractivity (Wildman–Crippen MR) is 103 cm³/mol. The SMILES string of the molecule is CC(C)[C@@H](C(=O)OC(C)(C)C)N(C)C(=O)[C@@H]1CCN(C(=O)OC(C)(C)C)C1=O. The number of amides is 3. The van der Waals surface area contributed by atoms with Gasteiger partial charge in [0.1, 0.15) is 23.2 Å². The van der Waals surface area contributed by atoms with Crippen molar-refractivity contribution in [3.8, 4) is 0 Å². The zero-order valence-electron chi connectivity index (χ0n) is 18.5. The minimum atomic E-state index is -1.01. The van der Waals surface area contributed by atoms with E-state index < -0.39 is 47.0 Å². The van der Waals surface area contributed by atoms with Gasteiger partial charge < -0.3 is 14.4 Å². The van der Waals surface area contributed by atoms with Gasteiger partial charge in [-0.1, -0.05) is 13.8 Å². The third-order valence-electron chi connectivity index (χ3n) is 4.16. The summed E-state index contributed by atoms with van der Waals surface area (Å²) in [4.78, 5) is 52.6. The quantitative estimate of drug-likeness (QED) is 0.534. The van der Waals surface area contributed by atoms with Crippen LogP contribution in [0.15, 0.2) is 0 Å². The van der Waals surface area contributed by atoms with Crippen LogP contribution in [0.3, 0.4) is 0 Å². The van der Waals surface area contributed by atoms with E-state index in [1.165, 1.54) is 11.9 Å². The van der Waals surface area contributed by atoms with Crippen LogP contribution >= 0.6 is 0 Å². The highest BCUT2D eigenvalue weighted by Crippen LogP contribution is 2.25. The number of imide groups is 1. The molecule has 0 aliphatic carbocycles. The molecule has 0 unspecified atom stereocenters. The number of hydrogen-bond acceptors (Lipinski definition) is 6. The molecular weight excluding hydrogens is 364 g/mol. The molecule has 1 aliphatic rings. The molecule has 0 aromatic rings. The molecule has 0 N–H and O–H groups in total. The van der Waals surface area contributed by atoms with Crippen molar-refractivity contribution in [3.63, 3.8) is 0 Å². The molecular formula is C20H34N2O6. The Balaban J connectivity index is 2.93. The van der Waals surface area contributed by atoms with E-state index in [2.05, 4.69) is 0 Å². The largest absolute Gasteiger partial charge is 0.458 e. The minimum Gasteiger partial charge on any atom is -0.458 e. The van der Waals surface area contributed by atoms with Crippen molar-refractivity contribution in [2.45, 2.75) is 79.1 Å². The van der Waals surface area contributed by atoms with Gasteiger partial charge in [0, 0.05) is 13.6 Å². The van der Waals surface area contributed by atoms with Crippen LogP contribution < -0.4 is 0 Å². The summed E-state index contributed by atoms with van der Waals surface area (Å²) < 4.78 is 10.7. The summed E-state index contributed by atoms with van der Waals surface area (Å²) in [6, 6.07) is -0.824. The number of likely N-dealkylation sites (N-methyl/N-ethyl adjacent to an activating group) is 1. The van der Waals surface area contributed by atoms with Crippen LogP contribution in [0.5, 0.6) is 0 Å². The molecule has 1 aliphatic heterocycles. The molecule has 1 saturated heterocycles. The van der Waals surface area contributed by atoms with Crippen LogP contribution in [0.25, 0.3) is 0 Å². The van der Waals surface area contributed by atoms with Crippen molar-refractivity contribution in [2.75, 3.05) is 13.6 Å². The number of hydrogen-bond donors (Lipinski definition) is 0. The van der Waals surface area contributed by atoms with E-state index in [0.29, 0.717) is 0 Å². The summed E-state index contributed by atoms with van der Waals surface area (Å²) in [6.07, 6.45) is -0.566. The third kappa shape index (κ3) is 6.21. The van der Waals surface area contributed by atoms with Crippen LogP contribution in [0.1, 0.15) is 61.8 Å². The van der Waals surface area contributed by atoms with Crippen molar-refractivity contribution in [2.24, 2.45) is 11.8 Å². The topological polar surface area (TPSA) is 93.2 Å². The molecule has 1 heterocycles. The van der Waals surface area contributed by atoms with Crippen LogP contribution in [0.2, 0.25) is 0 Å². The maximum absolute atomic E-state index is 12.9. The van der Waals surface area contributed by atoms with E-state index in [4.69, 9.17) is 9.47 Å². The van der Waals surface area contributed by atoms with E-state index in [1.54, 1.807) is 41.5 Å². The maximum Gasteiger partial charge on any atom is 0.417 e. The number of ether oxygens (including phenoxy) is 2. The average molecular weight is 399 g/mol. The van der Waals surface area contributed by atoms with Gasteiger partial charge in [0.2, 0.25) is 11.8 Å². The van der Waals surface area contributed by atoms with Crippen molar-refractivity contribution < 1.29 is 28.7 Å². The smallest absolute Gasteiger partial charge is 0.417 e. The highest BCUT2D eigenvalue weighted by Gasteiger charge is 2.45. The van der Waals surface area contributed by atoms with Gasteiger partial charge in [-0.05, 0) is 53.9 Å². The average Bonchev–Trinajstić information content (AvgIpc) is 2.84. The Morgan fingerprint density at radius 3 is 1.96 bits per heavy atom. The number of rotatable bonds is 4. The van der Waals surface area contributed by atoms with Crippen LogP contribution in [-0.4, -0.2) is 64.5 Å². The predicted octanol–water partition coefficient (Wildman–Crippen LogP) is 2.59. The zero-order valence-corrected chi connectivity index (χ0v) is 18.5. The number of likely N-dealkylation sites (tertiary alicyclic amines) is 1. The molecule has 0 aromatic carbocycles. The van der Waals surface area contributed by atoms with Gasteiger partial charge in [-0.15, -0.1) is 0 Å². The molecule has 160 valence electrons. The Morgan fingerprint density at radius 1 is 1.04 bits per heavy atom. The molecule has 8 heteroatoms. The summed E-state index contributed by atoms with van der Waals surface area (Å²) in [5, 5.41) is 0. The Bertz CT molecular complexity index is 630. The first-order valence-electron chi connectivity index (χ1n) is 9.59. The Labute approximate surface area is 167 Å². The van der Waals surface area contributed by atoms with Crippen LogP contribution in [0.4, 0.5) is 4.79 Å². The second-order valence-electron chi connectivity index (χ2n) is 9.48. The molecule has 0 saturated carbocycles. The Morgan fingerprint density at radius 2 is 1.54 bits per heavy atom. The van der Waals surface area contributed by atoms with Gasteiger partial charge in [0.25, 0.3) is 0 Å². The lowest BCUT2D eigenvalue weighted by atomic mass is 9.99. The van der Waals surface area contributed by atoms with Gasteiger partial charge in [0.15, 0.2) is 0 Å². The van der Waals surface area contributed by atoms with Gasteiger partial charge in [0.05, 0.1) is 0 Å². The highest BCUT2D eigenvalue weighted by molar-refractivity contribution is 6.07. The van der Waals surface area contributed by atoms with Crippen LogP contribution in [0, 0.1) is 11.8 Å². The number of nitrogens with zero attached hydrogens (tertiary/aromatic N) is 2. The number of esters is 1. The van der Waals surface area contributed by atoms with Gasteiger partial charge >= 0.3 is 12.1 Å². The fraction of sp³-hybridized carbons (Fsp3) is 0.800.